The minimum atomic E-state index is -3.88. The van der Waals surface area contributed by atoms with Gasteiger partial charge in [-0.15, -0.1) is 0 Å². The molecule has 6 atom stereocenters. The fourth-order valence-electron chi connectivity index (χ4n) is 3.11. The highest BCUT2D eigenvalue weighted by molar-refractivity contribution is 7.86. The van der Waals surface area contributed by atoms with E-state index in [1.807, 2.05) is 30.3 Å². The molecule has 2 saturated heterocycles. The van der Waals surface area contributed by atoms with E-state index in [1.54, 1.807) is 0 Å². The van der Waals surface area contributed by atoms with Gasteiger partial charge in [-0.1, -0.05) is 30.3 Å². The van der Waals surface area contributed by atoms with E-state index < -0.39 is 53.0 Å². The Morgan fingerprint density at radius 3 is 2.50 bits per heavy atom. The number of carbonyl (C=O) groups excluding carboxylic acids is 1. The van der Waals surface area contributed by atoms with E-state index in [2.05, 4.69) is 5.48 Å². The largest absolute Gasteiger partial charge is 0.353 e. The van der Waals surface area contributed by atoms with E-state index in [4.69, 9.17) is 28.0 Å². The molecular weight excluding hydrogens is 394 g/mol. The molecule has 10 nitrogen and oxygen atoms in total. The van der Waals surface area contributed by atoms with Gasteiger partial charge in [0.25, 0.3) is 10.1 Å². The molecule has 0 saturated carbocycles. The Hall–Kier alpha value is -1.60. The van der Waals surface area contributed by atoms with Crippen molar-refractivity contribution < 1.29 is 41.2 Å². The molecule has 2 aliphatic heterocycles. The molecule has 1 amide bonds. The van der Waals surface area contributed by atoms with Crippen LogP contribution in [0.25, 0.3) is 0 Å². The van der Waals surface area contributed by atoms with Crippen molar-refractivity contribution in [3.63, 3.8) is 0 Å². The van der Waals surface area contributed by atoms with Gasteiger partial charge in [0.1, 0.15) is 18.3 Å². The minimum Gasteiger partial charge on any atom is -0.353 e. The van der Waals surface area contributed by atoms with Crippen LogP contribution in [0.1, 0.15) is 18.8 Å². The minimum absolute atomic E-state index is 0.148. The van der Waals surface area contributed by atoms with Crippen molar-refractivity contribution in [1.82, 2.24) is 5.48 Å². The molecule has 2 fully saturated rings. The van der Waals surface area contributed by atoms with Crippen molar-refractivity contribution in [2.24, 2.45) is 0 Å². The van der Waals surface area contributed by atoms with Gasteiger partial charge in [0.05, 0.1) is 12.9 Å². The van der Waals surface area contributed by atoms with Gasteiger partial charge >= 0.3 is 0 Å². The van der Waals surface area contributed by atoms with Gasteiger partial charge < -0.3 is 18.9 Å². The molecule has 28 heavy (non-hydrogen) atoms. The maximum absolute atomic E-state index is 11.7. The number of benzene rings is 1. The SMILES string of the molecule is CO[C@H]1O[C@@H]2COC(c3ccccc3)O[C@H]2[C@@H](ONC(C)=O)[C@@H]1OS(C)(=O)=O. The molecule has 2 aliphatic rings. The lowest BCUT2D eigenvalue weighted by Crippen LogP contribution is -2.64. The second-order valence-electron chi connectivity index (χ2n) is 6.46. The summed E-state index contributed by atoms with van der Waals surface area (Å²) in [7, 11) is -2.54. The monoisotopic (exact) mass is 417 g/mol. The summed E-state index contributed by atoms with van der Waals surface area (Å²) in [6.45, 7) is 1.41. The van der Waals surface area contributed by atoms with Crippen LogP contribution in [0.15, 0.2) is 30.3 Å². The van der Waals surface area contributed by atoms with E-state index >= 15 is 0 Å². The first-order chi connectivity index (χ1) is 13.3. The van der Waals surface area contributed by atoms with Crippen molar-refractivity contribution in [1.29, 1.82) is 0 Å². The standard InChI is InChI=1S/C17H23NO9S/c1-10(19)18-26-14-13-12(24-17(22-2)15(14)27-28(3,20)21)9-23-16(25-13)11-7-5-4-6-8-11/h4-8,12-17H,9H2,1-3H3,(H,18,19)/t12-,13-,14-,15+,16?,17+/m1/s1. The zero-order valence-electron chi connectivity index (χ0n) is 15.6. The van der Waals surface area contributed by atoms with Gasteiger partial charge in [-0.2, -0.15) is 8.42 Å². The third kappa shape index (κ3) is 5.06. The lowest BCUT2D eigenvalue weighted by molar-refractivity contribution is -0.363. The summed E-state index contributed by atoms with van der Waals surface area (Å²) in [5, 5.41) is 0. The van der Waals surface area contributed by atoms with Gasteiger partial charge in [-0.3, -0.25) is 13.8 Å². The first-order valence-corrected chi connectivity index (χ1v) is 10.4. The summed E-state index contributed by atoms with van der Waals surface area (Å²) in [6, 6.07) is 9.21. The number of nitrogens with one attached hydrogen (secondary N) is 1. The Morgan fingerprint density at radius 2 is 1.89 bits per heavy atom. The summed E-state index contributed by atoms with van der Waals surface area (Å²) in [5.74, 6) is -0.471. The highest BCUT2D eigenvalue weighted by Gasteiger charge is 2.53. The van der Waals surface area contributed by atoms with Crippen molar-refractivity contribution >= 4 is 16.0 Å². The molecule has 0 bridgehead atoms. The molecule has 1 aromatic carbocycles. The summed E-state index contributed by atoms with van der Waals surface area (Å²) in [5.41, 5.74) is 2.99. The normalized spacial score (nSPS) is 33.1. The summed E-state index contributed by atoms with van der Waals surface area (Å²) >= 11 is 0. The molecule has 1 unspecified atom stereocenters. The Bertz CT molecular complexity index is 772. The lowest BCUT2D eigenvalue weighted by atomic mass is 9.98. The Kier molecular flexibility index (Phi) is 6.65. The molecule has 0 aliphatic carbocycles. The average Bonchev–Trinajstić information content (AvgIpc) is 2.65. The highest BCUT2D eigenvalue weighted by atomic mass is 32.2. The predicted molar refractivity (Wildman–Crippen MR) is 94.1 cm³/mol. The van der Waals surface area contributed by atoms with Crippen LogP contribution < -0.4 is 5.48 Å². The van der Waals surface area contributed by atoms with E-state index in [9.17, 15) is 13.2 Å². The number of rotatable bonds is 6. The zero-order chi connectivity index (χ0) is 20.3. The van der Waals surface area contributed by atoms with Gasteiger partial charge in [0.15, 0.2) is 18.7 Å². The van der Waals surface area contributed by atoms with E-state index in [0.717, 1.165) is 11.8 Å². The molecule has 2 heterocycles. The third-order valence-electron chi connectivity index (χ3n) is 4.21. The fourth-order valence-corrected chi connectivity index (χ4v) is 3.71. The molecule has 156 valence electrons. The van der Waals surface area contributed by atoms with E-state index in [0.29, 0.717) is 0 Å². The number of hydrogen-bond donors (Lipinski definition) is 1. The average molecular weight is 417 g/mol. The topological polar surface area (TPSA) is 119 Å². The van der Waals surface area contributed by atoms with Crippen LogP contribution in [0.3, 0.4) is 0 Å². The summed E-state index contributed by atoms with van der Waals surface area (Å²) in [6.07, 6.45) is -4.53. The third-order valence-corrected chi connectivity index (χ3v) is 4.78. The second kappa shape index (κ2) is 8.82. The van der Waals surface area contributed by atoms with Crippen LogP contribution in [0, 0.1) is 0 Å². The van der Waals surface area contributed by atoms with Crippen LogP contribution in [-0.4, -0.2) is 65.0 Å². The number of ether oxygens (including phenoxy) is 4. The number of hydroxylamine groups is 1. The molecule has 0 spiro atoms. The van der Waals surface area contributed by atoms with Gasteiger partial charge in [-0.25, -0.2) is 5.48 Å². The zero-order valence-corrected chi connectivity index (χ0v) is 16.5. The Morgan fingerprint density at radius 1 is 1.18 bits per heavy atom. The van der Waals surface area contributed by atoms with Crippen molar-refractivity contribution in [3.05, 3.63) is 35.9 Å². The lowest BCUT2D eigenvalue weighted by Gasteiger charge is -2.47. The molecule has 0 radical (unpaired) electrons. The highest BCUT2D eigenvalue weighted by Crippen LogP contribution is 2.36. The van der Waals surface area contributed by atoms with Crippen LogP contribution in [0.4, 0.5) is 0 Å². The van der Waals surface area contributed by atoms with Crippen molar-refractivity contribution in [2.75, 3.05) is 20.0 Å². The number of methoxy groups -OCH3 is 1. The number of amides is 1. The van der Waals surface area contributed by atoms with Gasteiger partial charge in [-0.05, 0) is 0 Å². The smallest absolute Gasteiger partial charge is 0.264 e. The first kappa shape index (κ1) is 21.1. The summed E-state index contributed by atoms with van der Waals surface area (Å²) < 4.78 is 51.4. The molecule has 3 rings (SSSR count). The van der Waals surface area contributed by atoms with Crippen LogP contribution in [-0.2, 0) is 42.9 Å². The second-order valence-corrected chi connectivity index (χ2v) is 8.06. The summed E-state index contributed by atoms with van der Waals surface area (Å²) in [4.78, 5) is 16.8. The fraction of sp³-hybridized carbons (Fsp3) is 0.588. The van der Waals surface area contributed by atoms with Crippen molar-refractivity contribution in [2.45, 2.75) is 43.9 Å². The Labute approximate surface area is 163 Å². The number of carbonyl (C=O) groups is 1. The van der Waals surface area contributed by atoms with Crippen LogP contribution in [0.2, 0.25) is 0 Å². The van der Waals surface area contributed by atoms with Gasteiger partial charge in [0.2, 0.25) is 5.91 Å². The maximum Gasteiger partial charge on any atom is 0.264 e. The quantitative estimate of drug-likeness (QED) is 0.513. The molecule has 1 N–H and O–H groups in total. The predicted octanol–water partition coefficient (Wildman–Crippen LogP) is 0.253. The van der Waals surface area contributed by atoms with E-state index in [-0.39, 0.29) is 6.61 Å². The maximum atomic E-state index is 11.7. The molecular formula is C17H23NO9S. The first-order valence-electron chi connectivity index (χ1n) is 8.59. The Balaban J connectivity index is 1.87. The van der Waals surface area contributed by atoms with Crippen LogP contribution in [0.5, 0.6) is 0 Å². The van der Waals surface area contributed by atoms with E-state index in [1.165, 1.54) is 14.0 Å². The molecule has 1 aromatic rings. The van der Waals surface area contributed by atoms with Gasteiger partial charge in [0, 0.05) is 19.6 Å². The molecule has 11 heteroatoms. The number of hydrogen-bond acceptors (Lipinski definition) is 9. The van der Waals surface area contributed by atoms with Crippen molar-refractivity contribution in [3.8, 4) is 0 Å². The molecule has 0 aromatic heterocycles. The number of fused-ring (bicyclic) bond motifs is 1. The van der Waals surface area contributed by atoms with Crippen LogP contribution >= 0.6 is 0 Å².